The number of pyridine rings is 1. The Morgan fingerprint density at radius 1 is 1.45 bits per heavy atom. The number of thioether (sulfide) groups is 1. The van der Waals surface area contributed by atoms with E-state index >= 15 is 0 Å². The number of carbonyl (C=O) groups is 1. The Kier molecular flexibility index (Phi) is 4.35. The number of hydrogen-bond donors (Lipinski definition) is 0. The van der Waals surface area contributed by atoms with Crippen molar-refractivity contribution in [3.05, 3.63) is 46.1 Å². The van der Waals surface area contributed by atoms with Crippen molar-refractivity contribution in [2.45, 2.75) is 13.8 Å². The molecule has 1 aliphatic rings. The lowest BCUT2D eigenvalue weighted by atomic mass is 10.2. The topological polar surface area (TPSA) is 58.5 Å². The van der Waals surface area contributed by atoms with Gasteiger partial charge in [0.2, 0.25) is 5.13 Å². The van der Waals surface area contributed by atoms with Crippen molar-refractivity contribution in [1.29, 1.82) is 0 Å². The number of hydrogen-bond acceptors (Lipinski definition) is 6. The monoisotopic (exact) mass is 330 g/mol. The number of aryl methyl sites for hydroxylation is 1. The second-order valence-corrected chi connectivity index (χ2v) is 6.46. The Hall–Kier alpha value is -1.99. The Labute approximate surface area is 136 Å². The molecule has 5 nitrogen and oxygen atoms in total. The Bertz CT molecular complexity index is 752. The van der Waals surface area contributed by atoms with Gasteiger partial charge in [-0.1, -0.05) is 6.07 Å². The van der Waals surface area contributed by atoms with Gasteiger partial charge in [0.1, 0.15) is 0 Å². The fourth-order valence-corrected chi connectivity index (χ4v) is 3.72. The number of nitrogens with zero attached hydrogens (tertiary/aromatic N) is 4. The van der Waals surface area contributed by atoms with Gasteiger partial charge in [-0.15, -0.1) is 11.3 Å². The first kappa shape index (κ1) is 14.9. The Morgan fingerprint density at radius 2 is 2.32 bits per heavy atom. The second-order valence-electron chi connectivity index (χ2n) is 4.61. The van der Waals surface area contributed by atoms with Crippen LogP contribution in [0.4, 0.5) is 5.13 Å². The third-order valence-corrected chi connectivity index (χ3v) is 4.84. The average molecular weight is 330 g/mol. The molecule has 1 aliphatic heterocycles. The number of aliphatic imine (C=N–C) groups is 1. The average Bonchev–Trinajstić information content (AvgIpc) is 3.05. The van der Waals surface area contributed by atoms with Gasteiger partial charge in [-0.25, -0.2) is 4.98 Å². The van der Waals surface area contributed by atoms with Crippen LogP contribution in [0.3, 0.4) is 0 Å². The van der Waals surface area contributed by atoms with Gasteiger partial charge in [0.25, 0.3) is 5.91 Å². The SMILES string of the molecule is CCN1C(=O)/C(=C/c2cccnc2)S/C1=N/c1nc(C)cs1. The van der Waals surface area contributed by atoms with Gasteiger partial charge < -0.3 is 0 Å². The molecule has 1 amide bonds. The molecule has 7 heteroatoms. The zero-order valence-electron chi connectivity index (χ0n) is 12.2. The summed E-state index contributed by atoms with van der Waals surface area (Å²) in [5.74, 6) is -0.0246. The Morgan fingerprint density at radius 3 is 2.95 bits per heavy atom. The van der Waals surface area contributed by atoms with E-state index in [4.69, 9.17) is 0 Å². The van der Waals surface area contributed by atoms with Crippen LogP contribution in [-0.4, -0.2) is 32.5 Å². The van der Waals surface area contributed by atoms with Crippen LogP contribution in [0.2, 0.25) is 0 Å². The van der Waals surface area contributed by atoms with Gasteiger partial charge in [-0.3, -0.25) is 14.7 Å². The minimum atomic E-state index is -0.0246. The first-order valence-corrected chi connectivity index (χ1v) is 8.49. The summed E-state index contributed by atoms with van der Waals surface area (Å²) in [4.78, 5) is 27.7. The summed E-state index contributed by atoms with van der Waals surface area (Å²) < 4.78 is 0. The van der Waals surface area contributed by atoms with Crippen molar-refractivity contribution in [2.75, 3.05) is 6.54 Å². The van der Waals surface area contributed by atoms with Crippen molar-refractivity contribution in [2.24, 2.45) is 4.99 Å². The number of carbonyl (C=O) groups excluding carboxylic acids is 1. The van der Waals surface area contributed by atoms with E-state index in [2.05, 4.69) is 15.0 Å². The molecule has 0 saturated carbocycles. The van der Waals surface area contributed by atoms with Crippen LogP contribution >= 0.6 is 23.1 Å². The lowest BCUT2D eigenvalue weighted by Gasteiger charge is -2.11. The van der Waals surface area contributed by atoms with Gasteiger partial charge in [0.05, 0.1) is 10.6 Å². The molecule has 0 radical (unpaired) electrons. The van der Waals surface area contributed by atoms with E-state index in [9.17, 15) is 4.79 Å². The quantitative estimate of drug-likeness (QED) is 0.809. The van der Waals surface area contributed by atoms with E-state index in [1.807, 2.05) is 37.4 Å². The first-order valence-electron chi connectivity index (χ1n) is 6.79. The van der Waals surface area contributed by atoms with E-state index in [0.717, 1.165) is 11.3 Å². The molecule has 0 N–H and O–H groups in total. The van der Waals surface area contributed by atoms with Crippen molar-refractivity contribution in [3.8, 4) is 0 Å². The predicted molar refractivity (Wildman–Crippen MR) is 91.1 cm³/mol. The fourth-order valence-electron chi connectivity index (χ4n) is 1.96. The zero-order chi connectivity index (χ0) is 15.5. The highest BCUT2D eigenvalue weighted by Crippen LogP contribution is 2.34. The summed E-state index contributed by atoms with van der Waals surface area (Å²) in [7, 11) is 0. The van der Waals surface area contributed by atoms with Crippen molar-refractivity contribution in [3.63, 3.8) is 0 Å². The van der Waals surface area contributed by atoms with Crippen molar-refractivity contribution in [1.82, 2.24) is 14.9 Å². The fraction of sp³-hybridized carbons (Fsp3) is 0.200. The van der Waals surface area contributed by atoms with Gasteiger partial charge in [-0.05, 0) is 43.3 Å². The van der Waals surface area contributed by atoms with Crippen LogP contribution in [0.25, 0.3) is 6.08 Å². The molecule has 0 unspecified atom stereocenters. The molecule has 0 aliphatic carbocycles. The van der Waals surface area contributed by atoms with E-state index < -0.39 is 0 Å². The normalized spacial score (nSPS) is 18.6. The van der Waals surface area contributed by atoms with E-state index in [-0.39, 0.29) is 5.91 Å². The van der Waals surface area contributed by atoms with Crippen molar-refractivity contribution >= 4 is 45.4 Å². The van der Waals surface area contributed by atoms with Gasteiger partial charge >= 0.3 is 0 Å². The molecule has 0 spiro atoms. The molecule has 3 rings (SSSR count). The van der Waals surface area contributed by atoms with Crippen LogP contribution < -0.4 is 0 Å². The molecule has 1 fully saturated rings. The molecule has 2 aromatic heterocycles. The maximum atomic E-state index is 12.5. The number of amidine groups is 1. The predicted octanol–water partition coefficient (Wildman–Crippen LogP) is 3.47. The molecular weight excluding hydrogens is 316 g/mol. The molecule has 112 valence electrons. The van der Waals surface area contributed by atoms with E-state index in [1.54, 1.807) is 17.3 Å². The molecular formula is C15H14N4OS2. The summed E-state index contributed by atoms with van der Waals surface area (Å²) in [6.45, 7) is 4.45. The molecule has 2 aromatic rings. The lowest BCUT2D eigenvalue weighted by molar-refractivity contribution is -0.122. The number of thiazole rings is 1. The highest BCUT2D eigenvalue weighted by molar-refractivity contribution is 8.18. The number of likely N-dealkylation sites (N-methyl/N-ethyl adjacent to an activating group) is 1. The van der Waals surface area contributed by atoms with Crippen LogP contribution in [0.15, 0.2) is 39.8 Å². The minimum Gasteiger partial charge on any atom is -0.287 e. The van der Waals surface area contributed by atoms with Gasteiger partial charge in [0.15, 0.2) is 5.17 Å². The third kappa shape index (κ3) is 3.10. The Balaban J connectivity index is 1.92. The van der Waals surface area contributed by atoms with Crippen LogP contribution in [-0.2, 0) is 4.79 Å². The maximum absolute atomic E-state index is 12.5. The second kappa shape index (κ2) is 6.41. The summed E-state index contributed by atoms with van der Waals surface area (Å²) in [5, 5.41) is 3.30. The minimum absolute atomic E-state index is 0.0246. The molecule has 0 atom stereocenters. The summed E-state index contributed by atoms with van der Waals surface area (Å²) in [6, 6.07) is 3.77. The molecule has 22 heavy (non-hydrogen) atoms. The summed E-state index contributed by atoms with van der Waals surface area (Å²) in [5.41, 5.74) is 1.84. The summed E-state index contributed by atoms with van der Waals surface area (Å²) in [6.07, 6.45) is 5.29. The molecule has 0 aromatic carbocycles. The largest absolute Gasteiger partial charge is 0.287 e. The maximum Gasteiger partial charge on any atom is 0.266 e. The van der Waals surface area contributed by atoms with Crippen LogP contribution in [0.5, 0.6) is 0 Å². The molecule has 1 saturated heterocycles. The highest BCUT2D eigenvalue weighted by Gasteiger charge is 2.32. The number of amides is 1. The summed E-state index contributed by atoms with van der Waals surface area (Å²) >= 11 is 2.85. The molecule has 0 bridgehead atoms. The lowest BCUT2D eigenvalue weighted by Crippen LogP contribution is -2.28. The standard InChI is InChI=1S/C15H14N4OS2/c1-3-19-13(20)12(7-11-5-4-6-16-8-11)22-15(19)18-14-17-10(2)9-21-14/h4-9H,3H2,1-2H3/b12-7-,18-15+. The first-order chi connectivity index (χ1) is 10.7. The highest BCUT2D eigenvalue weighted by atomic mass is 32.2. The zero-order valence-corrected chi connectivity index (χ0v) is 13.8. The molecule has 3 heterocycles. The number of aromatic nitrogens is 2. The van der Waals surface area contributed by atoms with Gasteiger partial charge in [0, 0.05) is 24.3 Å². The smallest absolute Gasteiger partial charge is 0.266 e. The van der Waals surface area contributed by atoms with Gasteiger partial charge in [-0.2, -0.15) is 4.99 Å². The third-order valence-electron chi connectivity index (χ3n) is 2.98. The van der Waals surface area contributed by atoms with Crippen molar-refractivity contribution < 1.29 is 4.79 Å². The van der Waals surface area contributed by atoms with E-state index in [0.29, 0.717) is 21.7 Å². The van der Waals surface area contributed by atoms with E-state index in [1.165, 1.54) is 23.1 Å². The van der Waals surface area contributed by atoms with Crippen LogP contribution in [0.1, 0.15) is 18.2 Å². The number of rotatable bonds is 3. The van der Waals surface area contributed by atoms with Crippen LogP contribution in [0, 0.1) is 6.92 Å².